The van der Waals surface area contributed by atoms with E-state index in [1.54, 1.807) is 11.0 Å². The van der Waals surface area contributed by atoms with E-state index in [4.69, 9.17) is 4.74 Å². The van der Waals surface area contributed by atoms with Crippen molar-refractivity contribution in [3.63, 3.8) is 0 Å². The Kier molecular flexibility index (Phi) is 3.41. The highest BCUT2D eigenvalue weighted by Gasteiger charge is 2.44. The number of non-ortho nitro benzene ring substituents is 1. The van der Waals surface area contributed by atoms with Crippen LogP contribution in [0.2, 0.25) is 0 Å². The van der Waals surface area contributed by atoms with Crippen molar-refractivity contribution in [2.24, 2.45) is 5.41 Å². The van der Waals surface area contributed by atoms with Crippen molar-refractivity contribution < 1.29 is 14.5 Å². The van der Waals surface area contributed by atoms with Crippen LogP contribution in [-0.4, -0.2) is 30.6 Å². The molecule has 0 bridgehead atoms. The lowest BCUT2D eigenvalue weighted by molar-refractivity contribution is -0.384. The molecule has 0 aliphatic carbocycles. The molecule has 2 fully saturated rings. The second-order valence-corrected chi connectivity index (χ2v) is 6.00. The van der Waals surface area contributed by atoms with Crippen molar-refractivity contribution in [2.45, 2.75) is 26.2 Å². The van der Waals surface area contributed by atoms with Gasteiger partial charge in [-0.25, -0.2) is 0 Å². The molecule has 2 heterocycles. The molecule has 0 saturated carbocycles. The average molecular weight is 290 g/mol. The summed E-state index contributed by atoms with van der Waals surface area (Å²) in [6.07, 6.45) is 2.27. The van der Waals surface area contributed by atoms with Gasteiger partial charge >= 0.3 is 0 Å². The molecule has 112 valence electrons. The summed E-state index contributed by atoms with van der Waals surface area (Å²) in [6.45, 7) is 3.89. The molecule has 2 saturated heterocycles. The molecule has 1 aromatic rings. The SMILES string of the molecule is Cc1ccc([N+](=O)[O-])cc1N1CC2(CCOCC2)CC1=O. The minimum atomic E-state index is -0.423. The summed E-state index contributed by atoms with van der Waals surface area (Å²) >= 11 is 0. The van der Waals surface area contributed by atoms with Gasteiger partial charge < -0.3 is 9.64 Å². The fourth-order valence-corrected chi connectivity index (χ4v) is 3.26. The van der Waals surface area contributed by atoms with Gasteiger partial charge in [-0.05, 0) is 25.3 Å². The third kappa shape index (κ3) is 2.51. The second kappa shape index (κ2) is 5.11. The summed E-state index contributed by atoms with van der Waals surface area (Å²) < 4.78 is 5.39. The van der Waals surface area contributed by atoms with E-state index in [0.717, 1.165) is 18.4 Å². The zero-order valence-corrected chi connectivity index (χ0v) is 12.0. The van der Waals surface area contributed by atoms with E-state index >= 15 is 0 Å². The fourth-order valence-electron chi connectivity index (χ4n) is 3.26. The molecule has 0 radical (unpaired) electrons. The number of carbonyl (C=O) groups excluding carboxylic acids is 1. The third-order valence-corrected chi connectivity index (χ3v) is 4.57. The van der Waals surface area contributed by atoms with E-state index < -0.39 is 4.92 Å². The predicted molar refractivity (Wildman–Crippen MR) is 77.3 cm³/mol. The number of nitro benzene ring substituents is 1. The van der Waals surface area contributed by atoms with Gasteiger partial charge in [0.2, 0.25) is 5.91 Å². The van der Waals surface area contributed by atoms with Crippen LogP contribution in [0.4, 0.5) is 11.4 Å². The van der Waals surface area contributed by atoms with Crippen LogP contribution in [0.5, 0.6) is 0 Å². The van der Waals surface area contributed by atoms with Crippen molar-refractivity contribution in [1.29, 1.82) is 0 Å². The standard InChI is InChI=1S/C15H18N2O4/c1-11-2-3-12(17(19)20)8-13(11)16-10-15(9-14(16)18)4-6-21-7-5-15/h2-3,8H,4-7,9-10H2,1H3. The van der Waals surface area contributed by atoms with Crippen LogP contribution in [0.15, 0.2) is 18.2 Å². The molecule has 3 rings (SSSR count). The van der Waals surface area contributed by atoms with Crippen LogP contribution in [0, 0.1) is 22.5 Å². The molecule has 1 aromatic carbocycles. The Bertz CT molecular complexity index is 593. The normalized spacial score (nSPS) is 21.0. The van der Waals surface area contributed by atoms with Crippen LogP contribution in [0.25, 0.3) is 0 Å². The van der Waals surface area contributed by atoms with Gasteiger partial charge in [-0.2, -0.15) is 0 Å². The van der Waals surface area contributed by atoms with Crippen LogP contribution in [0.1, 0.15) is 24.8 Å². The Labute approximate surface area is 122 Å². The molecule has 21 heavy (non-hydrogen) atoms. The first-order chi connectivity index (χ1) is 10.0. The number of carbonyl (C=O) groups is 1. The number of anilines is 1. The topological polar surface area (TPSA) is 72.7 Å². The summed E-state index contributed by atoms with van der Waals surface area (Å²) in [4.78, 5) is 24.6. The molecule has 2 aliphatic rings. The van der Waals surface area contributed by atoms with Gasteiger partial charge in [0.1, 0.15) is 0 Å². The van der Waals surface area contributed by atoms with Gasteiger partial charge in [-0.1, -0.05) is 6.07 Å². The number of hydrogen-bond donors (Lipinski definition) is 0. The average Bonchev–Trinajstić information content (AvgIpc) is 2.76. The maximum absolute atomic E-state index is 12.4. The molecular weight excluding hydrogens is 272 g/mol. The number of benzene rings is 1. The summed E-state index contributed by atoms with van der Waals surface area (Å²) in [7, 11) is 0. The lowest BCUT2D eigenvalue weighted by Gasteiger charge is -2.32. The molecule has 6 nitrogen and oxygen atoms in total. The first-order valence-electron chi connectivity index (χ1n) is 7.14. The van der Waals surface area contributed by atoms with Crippen molar-refractivity contribution >= 4 is 17.3 Å². The minimum Gasteiger partial charge on any atom is -0.381 e. The second-order valence-electron chi connectivity index (χ2n) is 6.00. The minimum absolute atomic E-state index is 0.0214. The Balaban J connectivity index is 1.92. The molecule has 1 amide bonds. The zero-order chi connectivity index (χ0) is 15.0. The monoisotopic (exact) mass is 290 g/mol. The van der Waals surface area contributed by atoms with Crippen LogP contribution < -0.4 is 4.90 Å². The summed E-state index contributed by atoms with van der Waals surface area (Å²) in [5, 5.41) is 10.9. The number of nitro groups is 1. The van der Waals surface area contributed by atoms with E-state index in [-0.39, 0.29) is 17.0 Å². The fraction of sp³-hybridized carbons (Fsp3) is 0.533. The largest absolute Gasteiger partial charge is 0.381 e. The first-order valence-corrected chi connectivity index (χ1v) is 7.14. The van der Waals surface area contributed by atoms with E-state index in [1.165, 1.54) is 12.1 Å². The molecule has 0 N–H and O–H groups in total. The highest BCUT2D eigenvalue weighted by molar-refractivity contribution is 5.97. The highest BCUT2D eigenvalue weighted by atomic mass is 16.6. The smallest absolute Gasteiger partial charge is 0.271 e. The van der Waals surface area contributed by atoms with E-state index in [2.05, 4.69) is 0 Å². The van der Waals surface area contributed by atoms with Crippen molar-refractivity contribution in [3.05, 3.63) is 33.9 Å². The maximum atomic E-state index is 12.4. The number of ether oxygens (including phenoxy) is 1. The van der Waals surface area contributed by atoms with Gasteiger partial charge in [0.05, 0.1) is 10.6 Å². The molecule has 1 spiro atoms. The van der Waals surface area contributed by atoms with Crippen molar-refractivity contribution in [3.8, 4) is 0 Å². The molecule has 2 aliphatic heterocycles. The number of hydrogen-bond acceptors (Lipinski definition) is 4. The van der Waals surface area contributed by atoms with Gasteiger partial charge in [0.25, 0.3) is 5.69 Å². The zero-order valence-electron chi connectivity index (χ0n) is 12.0. The summed E-state index contributed by atoms with van der Waals surface area (Å²) in [5.41, 5.74) is 1.55. The Morgan fingerprint density at radius 2 is 2.05 bits per heavy atom. The van der Waals surface area contributed by atoms with Crippen LogP contribution in [-0.2, 0) is 9.53 Å². The van der Waals surface area contributed by atoms with Crippen molar-refractivity contribution in [2.75, 3.05) is 24.7 Å². The van der Waals surface area contributed by atoms with Gasteiger partial charge in [-0.15, -0.1) is 0 Å². The maximum Gasteiger partial charge on any atom is 0.271 e. The quantitative estimate of drug-likeness (QED) is 0.619. The number of aryl methyl sites for hydroxylation is 1. The van der Waals surface area contributed by atoms with Crippen molar-refractivity contribution in [1.82, 2.24) is 0 Å². The Hall–Kier alpha value is -1.95. The predicted octanol–water partition coefficient (Wildman–Crippen LogP) is 2.44. The van der Waals surface area contributed by atoms with E-state index in [9.17, 15) is 14.9 Å². The molecular formula is C15H18N2O4. The molecule has 6 heteroatoms. The number of amides is 1. The molecule has 0 aromatic heterocycles. The van der Waals surface area contributed by atoms with Gasteiger partial charge in [0.15, 0.2) is 0 Å². The van der Waals surface area contributed by atoms with Crippen LogP contribution in [0.3, 0.4) is 0 Å². The van der Waals surface area contributed by atoms with E-state index in [0.29, 0.717) is 31.9 Å². The lowest BCUT2D eigenvalue weighted by Crippen LogP contribution is -2.33. The lowest BCUT2D eigenvalue weighted by atomic mass is 9.79. The summed E-state index contributed by atoms with van der Waals surface area (Å²) in [6, 6.07) is 4.69. The highest BCUT2D eigenvalue weighted by Crippen LogP contribution is 2.43. The van der Waals surface area contributed by atoms with E-state index in [1.807, 2.05) is 6.92 Å². The third-order valence-electron chi connectivity index (χ3n) is 4.57. The molecule has 0 atom stereocenters. The summed E-state index contributed by atoms with van der Waals surface area (Å²) in [5.74, 6) is 0.0560. The van der Waals surface area contributed by atoms with Gasteiger partial charge in [-0.3, -0.25) is 14.9 Å². The van der Waals surface area contributed by atoms with Gasteiger partial charge in [0, 0.05) is 43.7 Å². The van der Waals surface area contributed by atoms with Crippen LogP contribution >= 0.6 is 0 Å². The molecule has 0 unspecified atom stereocenters. The Morgan fingerprint density at radius 1 is 1.33 bits per heavy atom. The number of rotatable bonds is 2. The number of nitrogens with zero attached hydrogens (tertiary/aromatic N) is 2. The first kappa shape index (κ1) is 14.0. The Morgan fingerprint density at radius 3 is 2.71 bits per heavy atom.